The van der Waals surface area contributed by atoms with Crippen LogP contribution in [0.15, 0.2) is 11.6 Å². The fraction of sp³-hybridized carbons (Fsp3) is 0.692. The normalized spacial score (nSPS) is 25.8. The van der Waals surface area contributed by atoms with E-state index in [0.29, 0.717) is 19.4 Å². The second-order valence-electron chi connectivity index (χ2n) is 4.70. The van der Waals surface area contributed by atoms with Gasteiger partial charge < -0.3 is 10.0 Å². The van der Waals surface area contributed by atoms with E-state index in [4.69, 9.17) is 5.11 Å². The Morgan fingerprint density at radius 1 is 1.47 bits per heavy atom. The molecule has 0 aromatic carbocycles. The van der Waals surface area contributed by atoms with E-state index < -0.39 is 5.97 Å². The van der Waals surface area contributed by atoms with E-state index in [-0.39, 0.29) is 17.9 Å². The molecular formula is C13H21NO3. The van der Waals surface area contributed by atoms with Gasteiger partial charge in [-0.25, -0.2) is 0 Å². The zero-order valence-corrected chi connectivity index (χ0v) is 10.8. The van der Waals surface area contributed by atoms with Gasteiger partial charge in [-0.2, -0.15) is 0 Å². The van der Waals surface area contributed by atoms with Crippen molar-refractivity contribution in [1.29, 1.82) is 0 Å². The van der Waals surface area contributed by atoms with Crippen LogP contribution in [0.2, 0.25) is 0 Å². The summed E-state index contributed by atoms with van der Waals surface area (Å²) in [5.74, 6) is -1.00. The highest BCUT2D eigenvalue weighted by Gasteiger charge is 2.32. The average Bonchev–Trinajstić information content (AvgIpc) is 2.28. The fourth-order valence-corrected chi connectivity index (χ4v) is 2.32. The third kappa shape index (κ3) is 3.32. The number of piperidine rings is 1. The predicted octanol–water partition coefficient (Wildman–Crippen LogP) is 2.05. The van der Waals surface area contributed by atoms with Crippen molar-refractivity contribution in [3.63, 3.8) is 0 Å². The standard InChI is InChI=1S/C13H21NO3/c1-4-5-9(2)12(15)14-7-6-11(13(16)17)8-10(14)3/h5,10-11H,4,6-8H2,1-3H3,(H,16,17)/b9-5-. The number of rotatable bonds is 3. The van der Waals surface area contributed by atoms with Crippen molar-refractivity contribution < 1.29 is 14.7 Å². The molecule has 4 heteroatoms. The zero-order valence-electron chi connectivity index (χ0n) is 10.8. The number of carbonyl (C=O) groups excluding carboxylic acids is 1. The molecule has 0 bridgehead atoms. The van der Waals surface area contributed by atoms with Crippen LogP contribution in [0.3, 0.4) is 0 Å². The molecule has 1 rings (SSSR count). The summed E-state index contributed by atoms with van der Waals surface area (Å²) in [5, 5.41) is 8.96. The minimum absolute atomic E-state index is 0.0116. The van der Waals surface area contributed by atoms with Gasteiger partial charge in [-0.1, -0.05) is 13.0 Å². The number of carbonyl (C=O) groups is 2. The fourth-order valence-electron chi connectivity index (χ4n) is 2.32. The molecule has 1 N–H and O–H groups in total. The lowest BCUT2D eigenvalue weighted by molar-refractivity contribution is -0.146. The summed E-state index contributed by atoms with van der Waals surface area (Å²) < 4.78 is 0. The molecule has 0 aromatic rings. The van der Waals surface area contributed by atoms with Gasteiger partial charge in [0, 0.05) is 18.2 Å². The number of hydrogen-bond donors (Lipinski definition) is 1. The SMILES string of the molecule is CC/C=C(/C)C(=O)N1CCC(C(=O)O)CC1C. The van der Waals surface area contributed by atoms with Gasteiger partial charge in [0.05, 0.1) is 5.92 Å². The van der Waals surface area contributed by atoms with Gasteiger partial charge in [0.2, 0.25) is 5.91 Å². The highest BCUT2D eigenvalue weighted by Crippen LogP contribution is 2.24. The molecule has 1 aliphatic heterocycles. The Morgan fingerprint density at radius 3 is 2.59 bits per heavy atom. The number of carboxylic acid groups (broad SMARTS) is 1. The van der Waals surface area contributed by atoms with Gasteiger partial charge in [-0.15, -0.1) is 0 Å². The predicted molar refractivity (Wildman–Crippen MR) is 65.6 cm³/mol. The Kier molecular flexibility index (Phi) is 4.73. The number of likely N-dealkylation sites (tertiary alicyclic amines) is 1. The molecule has 1 amide bonds. The highest BCUT2D eigenvalue weighted by molar-refractivity contribution is 5.93. The van der Waals surface area contributed by atoms with Gasteiger partial charge in [0.1, 0.15) is 0 Å². The minimum atomic E-state index is -0.746. The largest absolute Gasteiger partial charge is 0.481 e. The molecule has 2 atom stereocenters. The van der Waals surface area contributed by atoms with E-state index in [1.54, 1.807) is 4.90 Å². The molecule has 0 radical (unpaired) electrons. The van der Waals surface area contributed by atoms with Crippen LogP contribution in [-0.2, 0) is 9.59 Å². The Labute approximate surface area is 102 Å². The van der Waals surface area contributed by atoms with E-state index in [1.165, 1.54) is 0 Å². The first-order valence-corrected chi connectivity index (χ1v) is 6.17. The van der Waals surface area contributed by atoms with Crippen LogP contribution >= 0.6 is 0 Å². The summed E-state index contributed by atoms with van der Waals surface area (Å²) >= 11 is 0. The van der Waals surface area contributed by atoms with Crippen molar-refractivity contribution in [2.24, 2.45) is 5.92 Å². The Balaban J connectivity index is 2.66. The quantitative estimate of drug-likeness (QED) is 0.767. The average molecular weight is 239 g/mol. The van der Waals surface area contributed by atoms with Gasteiger partial charge in [-0.05, 0) is 33.1 Å². The molecule has 1 fully saturated rings. The Hall–Kier alpha value is -1.32. The molecular weight excluding hydrogens is 218 g/mol. The molecule has 17 heavy (non-hydrogen) atoms. The molecule has 0 saturated carbocycles. The highest BCUT2D eigenvalue weighted by atomic mass is 16.4. The van der Waals surface area contributed by atoms with E-state index in [2.05, 4.69) is 0 Å². The second kappa shape index (κ2) is 5.84. The van der Waals surface area contributed by atoms with E-state index >= 15 is 0 Å². The lowest BCUT2D eigenvalue weighted by Crippen LogP contribution is -2.46. The van der Waals surface area contributed by atoms with Crippen LogP contribution in [0, 0.1) is 5.92 Å². The third-order valence-corrected chi connectivity index (χ3v) is 3.33. The number of amides is 1. The van der Waals surface area contributed by atoms with Gasteiger partial charge in [0.25, 0.3) is 0 Å². The maximum atomic E-state index is 12.1. The van der Waals surface area contributed by atoms with Crippen molar-refractivity contribution in [3.05, 3.63) is 11.6 Å². The van der Waals surface area contributed by atoms with E-state index in [1.807, 2.05) is 26.8 Å². The lowest BCUT2D eigenvalue weighted by atomic mass is 9.91. The van der Waals surface area contributed by atoms with Crippen LogP contribution in [0.1, 0.15) is 40.0 Å². The summed E-state index contributed by atoms with van der Waals surface area (Å²) in [4.78, 5) is 24.8. The van der Waals surface area contributed by atoms with Gasteiger partial charge >= 0.3 is 5.97 Å². The number of allylic oxidation sites excluding steroid dienone is 1. The molecule has 2 unspecified atom stereocenters. The minimum Gasteiger partial charge on any atom is -0.481 e. The summed E-state index contributed by atoms with van der Waals surface area (Å²) in [6.07, 6.45) is 3.88. The topological polar surface area (TPSA) is 57.6 Å². The zero-order chi connectivity index (χ0) is 13.0. The summed E-state index contributed by atoms with van der Waals surface area (Å²) in [5.41, 5.74) is 0.758. The first-order chi connectivity index (χ1) is 7.97. The Morgan fingerprint density at radius 2 is 2.12 bits per heavy atom. The molecule has 0 aromatic heterocycles. The number of nitrogens with zero attached hydrogens (tertiary/aromatic N) is 1. The van der Waals surface area contributed by atoms with Crippen molar-refractivity contribution >= 4 is 11.9 Å². The van der Waals surface area contributed by atoms with Crippen molar-refractivity contribution in [2.75, 3.05) is 6.54 Å². The smallest absolute Gasteiger partial charge is 0.306 e. The van der Waals surface area contributed by atoms with Crippen molar-refractivity contribution in [2.45, 2.75) is 46.1 Å². The third-order valence-electron chi connectivity index (χ3n) is 3.33. The summed E-state index contributed by atoms with van der Waals surface area (Å²) in [7, 11) is 0. The Bertz CT molecular complexity index is 336. The van der Waals surface area contributed by atoms with Crippen LogP contribution in [0.25, 0.3) is 0 Å². The van der Waals surface area contributed by atoms with Crippen LogP contribution in [0.4, 0.5) is 0 Å². The molecule has 0 spiro atoms. The number of aliphatic carboxylic acids is 1. The van der Waals surface area contributed by atoms with E-state index in [0.717, 1.165) is 12.0 Å². The molecule has 1 heterocycles. The van der Waals surface area contributed by atoms with Gasteiger partial charge in [0.15, 0.2) is 0 Å². The molecule has 1 saturated heterocycles. The first kappa shape index (κ1) is 13.7. The van der Waals surface area contributed by atoms with Crippen molar-refractivity contribution in [3.8, 4) is 0 Å². The summed E-state index contributed by atoms with van der Waals surface area (Å²) in [6.45, 7) is 6.29. The van der Waals surface area contributed by atoms with Crippen LogP contribution in [0.5, 0.6) is 0 Å². The first-order valence-electron chi connectivity index (χ1n) is 6.17. The second-order valence-corrected chi connectivity index (χ2v) is 4.70. The summed E-state index contributed by atoms with van der Waals surface area (Å²) in [6, 6.07) is 0.0116. The van der Waals surface area contributed by atoms with Crippen molar-refractivity contribution in [1.82, 2.24) is 4.90 Å². The monoisotopic (exact) mass is 239 g/mol. The number of carboxylic acids is 1. The number of hydrogen-bond acceptors (Lipinski definition) is 2. The molecule has 4 nitrogen and oxygen atoms in total. The van der Waals surface area contributed by atoms with E-state index in [9.17, 15) is 9.59 Å². The lowest BCUT2D eigenvalue weighted by Gasteiger charge is -2.36. The van der Waals surface area contributed by atoms with Crippen LogP contribution in [-0.4, -0.2) is 34.5 Å². The van der Waals surface area contributed by atoms with Crippen LogP contribution < -0.4 is 0 Å². The molecule has 96 valence electrons. The molecule has 0 aliphatic carbocycles. The maximum Gasteiger partial charge on any atom is 0.306 e. The molecule has 1 aliphatic rings. The maximum absolute atomic E-state index is 12.1. The van der Waals surface area contributed by atoms with Gasteiger partial charge in [-0.3, -0.25) is 9.59 Å².